The first-order valence-electron chi connectivity index (χ1n) is 4.56. The van der Waals surface area contributed by atoms with E-state index in [9.17, 15) is 8.42 Å². The summed E-state index contributed by atoms with van der Waals surface area (Å²) in [4.78, 5) is 0. The zero-order chi connectivity index (χ0) is 11.1. The smallest absolute Gasteiger partial charge is 0.211 e. The second-order valence-electron chi connectivity index (χ2n) is 3.03. The van der Waals surface area contributed by atoms with Gasteiger partial charge in [0.2, 0.25) is 10.0 Å². The minimum Gasteiger partial charge on any atom is -0.364 e. The lowest BCUT2D eigenvalue weighted by molar-refractivity contribution is 0.411. The van der Waals surface area contributed by atoms with E-state index in [-0.39, 0.29) is 12.3 Å². The highest BCUT2D eigenvalue weighted by Crippen LogP contribution is 1.99. The maximum absolute atomic E-state index is 11.4. The van der Waals surface area contributed by atoms with Crippen molar-refractivity contribution in [3.05, 3.63) is 18.0 Å². The van der Waals surface area contributed by atoms with E-state index < -0.39 is 10.0 Å². The minimum atomic E-state index is -3.22. The fourth-order valence-corrected chi connectivity index (χ4v) is 2.26. The van der Waals surface area contributed by atoms with Gasteiger partial charge in [-0.25, -0.2) is 13.1 Å². The maximum Gasteiger partial charge on any atom is 0.211 e. The number of hydrogen-bond acceptors (Lipinski definition) is 4. The van der Waals surface area contributed by atoms with Crippen molar-refractivity contribution in [2.75, 3.05) is 11.6 Å². The number of alkyl halides is 1. The molecule has 0 amide bonds. The summed E-state index contributed by atoms with van der Waals surface area (Å²) < 4.78 is 29.8. The van der Waals surface area contributed by atoms with Crippen molar-refractivity contribution in [2.45, 2.75) is 19.4 Å². The zero-order valence-corrected chi connectivity index (χ0v) is 9.72. The lowest BCUT2D eigenvalue weighted by Crippen LogP contribution is -2.26. The third kappa shape index (κ3) is 5.15. The van der Waals surface area contributed by atoms with Crippen LogP contribution >= 0.6 is 11.6 Å². The van der Waals surface area contributed by atoms with E-state index in [0.717, 1.165) is 0 Å². The van der Waals surface area contributed by atoms with Crippen LogP contribution in [0.4, 0.5) is 0 Å². The van der Waals surface area contributed by atoms with Gasteiger partial charge in [-0.3, -0.25) is 0 Å². The molecule has 0 bridgehead atoms. The summed E-state index contributed by atoms with van der Waals surface area (Å²) in [6.07, 6.45) is 2.67. The van der Waals surface area contributed by atoms with Gasteiger partial charge in [0.15, 0.2) is 0 Å². The quantitative estimate of drug-likeness (QED) is 0.583. The van der Waals surface area contributed by atoms with Crippen LogP contribution in [0, 0.1) is 0 Å². The van der Waals surface area contributed by atoms with E-state index in [4.69, 9.17) is 11.6 Å². The molecule has 0 saturated heterocycles. The molecule has 0 aliphatic carbocycles. The van der Waals surface area contributed by atoms with Crippen LogP contribution in [0.5, 0.6) is 0 Å². The second kappa shape index (κ2) is 6.09. The van der Waals surface area contributed by atoms with E-state index in [0.29, 0.717) is 24.4 Å². The first kappa shape index (κ1) is 12.5. The molecule has 0 aliphatic heterocycles. The van der Waals surface area contributed by atoms with Crippen LogP contribution in [0.1, 0.15) is 18.5 Å². The summed E-state index contributed by atoms with van der Waals surface area (Å²) in [5, 5.41) is 3.59. The molecule has 1 rings (SSSR count). The number of sulfonamides is 1. The molecule has 5 nitrogen and oxygen atoms in total. The van der Waals surface area contributed by atoms with Gasteiger partial charge in [0.05, 0.1) is 18.0 Å². The molecule has 0 aromatic carbocycles. The van der Waals surface area contributed by atoms with Crippen molar-refractivity contribution in [2.24, 2.45) is 0 Å². The van der Waals surface area contributed by atoms with E-state index in [1.54, 1.807) is 6.07 Å². The molecule has 0 fully saturated rings. The molecule has 0 spiro atoms. The summed E-state index contributed by atoms with van der Waals surface area (Å²) in [6, 6.07) is 1.61. The van der Waals surface area contributed by atoms with Crippen LogP contribution < -0.4 is 4.72 Å². The van der Waals surface area contributed by atoms with Gasteiger partial charge in [0.25, 0.3) is 0 Å². The summed E-state index contributed by atoms with van der Waals surface area (Å²) >= 11 is 5.45. The summed E-state index contributed by atoms with van der Waals surface area (Å²) in [6.45, 7) is 0.166. The van der Waals surface area contributed by atoms with Gasteiger partial charge in [-0.1, -0.05) is 5.16 Å². The third-order valence-corrected chi connectivity index (χ3v) is 3.44. The van der Waals surface area contributed by atoms with Crippen LogP contribution in [0.3, 0.4) is 0 Å². The number of nitrogens with zero attached hydrogens (tertiary/aromatic N) is 1. The Kier molecular flexibility index (Phi) is 5.07. The fraction of sp³-hybridized carbons (Fsp3) is 0.625. The van der Waals surface area contributed by atoms with E-state index >= 15 is 0 Å². The molecule has 0 atom stereocenters. The first-order chi connectivity index (χ1) is 7.14. The van der Waals surface area contributed by atoms with Crippen LogP contribution in [0.25, 0.3) is 0 Å². The highest BCUT2D eigenvalue weighted by Gasteiger charge is 2.09. The third-order valence-electron chi connectivity index (χ3n) is 1.76. The molecule has 1 aromatic rings. The zero-order valence-electron chi connectivity index (χ0n) is 8.15. The average Bonchev–Trinajstić information content (AvgIpc) is 2.68. The lowest BCUT2D eigenvalue weighted by atomic mass is 10.4. The predicted octanol–water partition coefficient (Wildman–Crippen LogP) is 1.11. The Bertz CT molecular complexity index is 363. The molecule has 1 N–H and O–H groups in total. The van der Waals surface area contributed by atoms with Crippen molar-refractivity contribution in [1.82, 2.24) is 9.88 Å². The Morgan fingerprint density at radius 2 is 2.27 bits per heavy atom. The average molecular weight is 253 g/mol. The summed E-state index contributed by atoms with van der Waals surface area (Å²) in [5.74, 6) is 0.580. The highest BCUT2D eigenvalue weighted by molar-refractivity contribution is 7.89. The maximum atomic E-state index is 11.4. The van der Waals surface area contributed by atoms with Gasteiger partial charge < -0.3 is 4.52 Å². The van der Waals surface area contributed by atoms with Crippen molar-refractivity contribution in [3.63, 3.8) is 0 Å². The number of hydrogen-bond donors (Lipinski definition) is 1. The van der Waals surface area contributed by atoms with Gasteiger partial charge in [-0.2, -0.15) is 0 Å². The van der Waals surface area contributed by atoms with Gasteiger partial charge in [0.1, 0.15) is 6.26 Å². The molecule has 1 aromatic heterocycles. The largest absolute Gasteiger partial charge is 0.364 e. The predicted molar refractivity (Wildman–Crippen MR) is 57.1 cm³/mol. The molecular weight excluding hydrogens is 240 g/mol. The Morgan fingerprint density at radius 3 is 2.87 bits per heavy atom. The Hall–Kier alpha value is -0.590. The molecule has 0 radical (unpaired) electrons. The Balaban J connectivity index is 2.30. The molecule has 0 aliphatic rings. The van der Waals surface area contributed by atoms with Gasteiger partial charge in [-0.15, -0.1) is 11.6 Å². The number of halogens is 1. The van der Waals surface area contributed by atoms with Crippen molar-refractivity contribution < 1.29 is 12.9 Å². The van der Waals surface area contributed by atoms with Crippen molar-refractivity contribution in [1.29, 1.82) is 0 Å². The van der Waals surface area contributed by atoms with Crippen LogP contribution in [-0.4, -0.2) is 25.2 Å². The monoisotopic (exact) mass is 252 g/mol. The van der Waals surface area contributed by atoms with Crippen LogP contribution in [-0.2, 0) is 16.6 Å². The molecule has 86 valence electrons. The van der Waals surface area contributed by atoms with E-state index in [1.165, 1.54) is 6.26 Å². The molecule has 0 saturated carbocycles. The fourth-order valence-electron chi connectivity index (χ4n) is 0.971. The summed E-state index contributed by atoms with van der Waals surface area (Å²) in [5.41, 5.74) is 0.566. The van der Waals surface area contributed by atoms with Crippen LogP contribution in [0.2, 0.25) is 0 Å². The highest BCUT2D eigenvalue weighted by atomic mass is 35.5. The minimum absolute atomic E-state index is 0.0948. The Labute approximate surface area is 93.8 Å². The number of rotatable bonds is 7. The molecule has 1 heterocycles. The normalized spacial score (nSPS) is 11.8. The number of nitrogens with one attached hydrogen (secondary N) is 1. The topological polar surface area (TPSA) is 72.2 Å². The molecule has 0 unspecified atom stereocenters. The molecule has 7 heteroatoms. The Morgan fingerprint density at radius 1 is 1.47 bits per heavy atom. The first-order valence-corrected chi connectivity index (χ1v) is 6.75. The standard InChI is InChI=1S/C8H13ClN2O3S/c9-4-1-2-6-15(12,13)10-7-8-3-5-14-11-8/h3,5,10H,1-2,4,6-7H2. The van der Waals surface area contributed by atoms with Gasteiger partial charge >= 0.3 is 0 Å². The lowest BCUT2D eigenvalue weighted by Gasteiger charge is -2.03. The van der Waals surface area contributed by atoms with Gasteiger partial charge in [0, 0.05) is 11.9 Å². The molecular formula is C8H13ClN2O3S. The van der Waals surface area contributed by atoms with E-state index in [1.807, 2.05) is 0 Å². The number of unbranched alkanes of at least 4 members (excludes halogenated alkanes) is 1. The van der Waals surface area contributed by atoms with E-state index in [2.05, 4.69) is 14.4 Å². The van der Waals surface area contributed by atoms with Crippen molar-refractivity contribution in [3.8, 4) is 0 Å². The SMILES string of the molecule is O=S(=O)(CCCCCl)NCc1ccon1. The summed E-state index contributed by atoms with van der Waals surface area (Å²) in [7, 11) is -3.22. The van der Waals surface area contributed by atoms with Crippen LogP contribution in [0.15, 0.2) is 16.9 Å². The second-order valence-corrected chi connectivity index (χ2v) is 5.33. The van der Waals surface area contributed by atoms with Gasteiger partial charge in [-0.05, 0) is 12.8 Å². The number of aromatic nitrogens is 1. The molecule has 15 heavy (non-hydrogen) atoms. The van der Waals surface area contributed by atoms with Crippen molar-refractivity contribution >= 4 is 21.6 Å².